The summed E-state index contributed by atoms with van der Waals surface area (Å²) in [5.41, 5.74) is 1.04. The molecule has 1 heterocycles. The summed E-state index contributed by atoms with van der Waals surface area (Å²) in [6.07, 6.45) is 2.38. The van der Waals surface area contributed by atoms with E-state index in [4.69, 9.17) is 5.11 Å². The topological polar surface area (TPSA) is 43.7 Å². The summed E-state index contributed by atoms with van der Waals surface area (Å²) < 4.78 is 0. The molecule has 0 aromatic carbocycles. The molecular formula is C15H21NO2S. The largest absolute Gasteiger partial charge is 0.395 e. The Kier molecular flexibility index (Phi) is 5.41. The van der Waals surface area contributed by atoms with Gasteiger partial charge in [-0.05, 0) is 31.9 Å². The first kappa shape index (κ1) is 14.5. The zero-order chi connectivity index (χ0) is 13.7. The van der Waals surface area contributed by atoms with Crippen LogP contribution in [0.3, 0.4) is 0 Å². The average Bonchev–Trinajstić information content (AvgIpc) is 2.75. The molecule has 104 valence electrons. The Labute approximate surface area is 118 Å². The van der Waals surface area contributed by atoms with Gasteiger partial charge in [0.25, 0.3) is 0 Å². The molecule has 0 amide bonds. The average molecular weight is 279 g/mol. The molecule has 1 saturated carbocycles. The molecule has 0 unspecified atom stereocenters. The maximum atomic E-state index is 9.28. The molecule has 1 fully saturated rings. The number of aliphatic hydroxyl groups is 2. The van der Waals surface area contributed by atoms with E-state index in [1.807, 2.05) is 0 Å². The van der Waals surface area contributed by atoms with Crippen molar-refractivity contribution in [3.63, 3.8) is 0 Å². The van der Waals surface area contributed by atoms with E-state index in [1.54, 1.807) is 11.3 Å². The number of rotatable bonds is 5. The fourth-order valence-electron chi connectivity index (χ4n) is 2.37. The van der Waals surface area contributed by atoms with Crippen LogP contribution in [0.1, 0.15) is 29.7 Å². The van der Waals surface area contributed by atoms with Crippen LogP contribution in [-0.4, -0.2) is 41.4 Å². The zero-order valence-corrected chi connectivity index (χ0v) is 12.1. The van der Waals surface area contributed by atoms with E-state index in [9.17, 15) is 5.11 Å². The molecular weight excluding hydrogens is 258 g/mol. The third-order valence-corrected chi connectivity index (χ3v) is 4.25. The van der Waals surface area contributed by atoms with Crippen LogP contribution in [-0.2, 0) is 6.54 Å². The summed E-state index contributed by atoms with van der Waals surface area (Å²) in [6, 6.07) is 2.13. The Morgan fingerprint density at radius 3 is 2.95 bits per heavy atom. The normalized spacial score (nSPS) is 21.9. The van der Waals surface area contributed by atoms with Crippen LogP contribution in [0.4, 0.5) is 0 Å². The Morgan fingerprint density at radius 1 is 1.47 bits per heavy atom. The molecule has 0 bridgehead atoms. The van der Waals surface area contributed by atoms with Crippen molar-refractivity contribution in [3.05, 3.63) is 21.9 Å². The molecule has 1 aliphatic rings. The lowest BCUT2D eigenvalue weighted by molar-refractivity contribution is 0.0275. The van der Waals surface area contributed by atoms with E-state index >= 15 is 0 Å². The summed E-state index contributed by atoms with van der Waals surface area (Å²) in [5, 5.41) is 20.0. The number of hydrogen-bond acceptors (Lipinski definition) is 4. The van der Waals surface area contributed by atoms with Gasteiger partial charge >= 0.3 is 0 Å². The fourth-order valence-corrected chi connectivity index (χ4v) is 3.27. The van der Waals surface area contributed by atoms with Gasteiger partial charge in [0.05, 0.1) is 12.7 Å². The van der Waals surface area contributed by atoms with E-state index in [-0.39, 0.29) is 12.7 Å². The molecule has 0 radical (unpaired) electrons. The van der Waals surface area contributed by atoms with Gasteiger partial charge in [0.2, 0.25) is 0 Å². The minimum atomic E-state index is -0.0615. The molecule has 2 N–H and O–H groups in total. The van der Waals surface area contributed by atoms with E-state index in [0.717, 1.165) is 31.5 Å². The van der Waals surface area contributed by atoms with Crippen molar-refractivity contribution in [2.45, 2.75) is 31.9 Å². The Balaban J connectivity index is 1.77. The molecule has 0 atom stereocenters. The number of aliphatic hydroxyl groups excluding tert-OH is 2. The van der Waals surface area contributed by atoms with Crippen LogP contribution < -0.4 is 0 Å². The van der Waals surface area contributed by atoms with Gasteiger partial charge in [-0.2, -0.15) is 0 Å². The second kappa shape index (κ2) is 7.06. The first-order valence-electron chi connectivity index (χ1n) is 6.71. The number of hydrogen-bond donors (Lipinski definition) is 2. The predicted molar refractivity (Wildman–Crippen MR) is 78.0 cm³/mol. The van der Waals surface area contributed by atoms with Crippen molar-refractivity contribution in [1.29, 1.82) is 0 Å². The third kappa shape index (κ3) is 4.63. The highest BCUT2D eigenvalue weighted by atomic mass is 32.1. The quantitative estimate of drug-likeness (QED) is 0.806. The maximum Gasteiger partial charge on any atom is 0.0546 e. The van der Waals surface area contributed by atoms with Gasteiger partial charge in [0, 0.05) is 35.3 Å². The van der Waals surface area contributed by atoms with Gasteiger partial charge < -0.3 is 15.1 Å². The molecule has 1 aromatic heterocycles. The van der Waals surface area contributed by atoms with Gasteiger partial charge in [-0.15, -0.1) is 11.3 Å². The molecule has 4 heteroatoms. The first-order valence-corrected chi connectivity index (χ1v) is 7.59. The standard InChI is InChI=1S/C15H21NO2S/c1-16(9-13-6-14(18)7-13)10-15-8-12(11-19-15)4-2-3-5-17/h8,11,13-14,17-18H,3,5-7,9-10H2,1H3. The van der Waals surface area contributed by atoms with Gasteiger partial charge in [-0.25, -0.2) is 0 Å². The monoisotopic (exact) mass is 279 g/mol. The van der Waals surface area contributed by atoms with Crippen LogP contribution in [0.25, 0.3) is 0 Å². The first-order chi connectivity index (χ1) is 9.17. The lowest BCUT2D eigenvalue weighted by atomic mass is 9.82. The highest BCUT2D eigenvalue weighted by molar-refractivity contribution is 7.10. The van der Waals surface area contributed by atoms with Crippen LogP contribution in [0, 0.1) is 17.8 Å². The molecule has 0 aliphatic heterocycles. The smallest absolute Gasteiger partial charge is 0.0546 e. The summed E-state index contributed by atoms with van der Waals surface area (Å²) in [6.45, 7) is 2.12. The number of nitrogens with zero attached hydrogens (tertiary/aromatic N) is 1. The van der Waals surface area contributed by atoms with Crippen molar-refractivity contribution in [2.24, 2.45) is 5.92 Å². The molecule has 0 spiro atoms. The molecule has 1 aromatic rings. The fraction of sp³-hybridized carbons (Fsp3) is 0.600. The molecule has 2 rings (SSSR count). The predicted octanol–water partition coefficient (Wildman–Crippen LogP) is 1.68. The van der Waals surface area contributed by atoms with Crippen LogP contribution in [0.15, 0.2) is 11.4 Å². The summed E-state index contributed by atoms with van der Waals surface area (Å²) in [5.74, 6) is 6.65. The highest BCUT2D eigenvalue weighted by Crippen LogP contribution is 2.28. The van der Waals surface area contributed by atoms with Gasteiger partial charge in [-0.3, -0.25) is 0 Å². The Hall–Kier alpha value is -0.860. The van der Waals surface area contributed by atoms with E-state index < -0.39 is 0 Å². The summed E-state index contributed by atoms with van der Waals surface area (Å²) >= 11 is 1.73. The molecule has 3 nitrogen and oxygen atoms in total. The van der Waals surface area contributed by atoms with E-state index in [2.05, 4.69) is 35.2 Å². The third-order valence-electron chi connectivity index (χ3n) is 3.33. The maximum absolute atomic E-state index is 9.28. The lowest BCUT2D eigenvalue weighted by Crippen LogP contribution is -2.36. The molecule has 1 aliphatic carbocycles. The van der Waals surface area contributed by atoms with Crippen molar-refractivity contribution >= 4 is 11.3 Å². The SMILES string of the molecule is CN(Cc1cc(C#CCCO)cs1)CC1CC(O)C1. The lowest BCUT2D eigenvalue weighted by Gasteiger charge is -2.34. The van der Waals surface area contributed by atoms with Crippen LogP contribution >= 0.6 is 11.3 Å². The second-order valence-corrected chi connectivity index (χ2v) is 6.26. The Morgan fingerprint density at radius 2 is 2.26 bits per heavy atom. The summed E-state index contributed by atoms with van der Waals surface area (Å²) in [4.78, 5) is 3.63. The van der Waals surface area contributed by atoms with Gasteiger partial charge in [0.15, 0.2) is 0 Å². The highest BCUT2D eigenvalue weighted by Gasteiger charge is 2.27. The summed E-state index contributed by atoms with van der Waals surface area (Å²) in [7, 11) is 2.13. The van der Waals surface area contributed by atoms with Crippen molar-refractivity contribution in [3.8, 4) is 11.8 Å². The van der Waals surface area contributed by atoms with Crippen molar-refractivity contribution in [2.75, 3.05) is 20.2 Å². The molecule has 0 saturated heterocycles. The minimum absolute atomic E-state index is 0.0615. The van der Waals surface area contributed by atoms with Crippen molar-refractivity contribution < 1.29 is 10.2 Å². The van der Waals surface area contributed by atoms with E-state index in [0.29, 0.717) is 12.3 Å². The van der Waals surface area contributed by atoms with Crippen molar-refractivity contribution in [1.82, 2.24) is 4.90 Å². The van der Waals surface area contributed by atoms with Gasteiger partial charge in [0.1, 0.15) is 0 Å². The molecule has 19 heavy (non-hydrogen) atoms. The van der Waals surface area contributed by atoms with E-state index in [1.165, 1.54) is 4.88 Å². The zero-order valence-electron chi connectivity index (χ0n) is 11.3. The minimum Gasteiger partial charge on any atom is -0.395 e. The van der Waals surface area contributed by atoms with Crippen LogP contribution in [0.2, 0.25) is 0 Å². The Bertz CT molecular complexity index is 454. The van der Waals surface area contributed by atoms with Gasteiger partial charge in [-0.1, -0.05) is 11.8 Å². The van der Waals surface area contributed by atoms with Crippen LogP contribution in [0.5, 0.6) is 0 Å². The second-order valence-electron chi connectivity index (χ2n) is 5.27. The number of thiophene rings is 1.